The van der Waals surface area contributed by atoms with Crippen molar-refractivity contribution in [2.75, 3.05) is 20.2 Å². The molecule has 0 aliphatic carbocycles. The average molecular weight is 347 g/mol. The van der Waals surface area contributed by atoms with Crippen molar-refractivity contribution in [3.63, 3.8) is 0 Å². The van der Waals surface area contributed by atoms with E-state index in [0.29, 0.717) is 17.3 Å². The highest BCUT2D eigenvalue weighted by Gasteiger charge is 2.18. The lowest BCUT2D eigenvalue weighted by Gasteiger charge is -2.22. The van der Waals surface area contributed by atoms with E-state index in [4.69, 9.17) is 16.3 Å². The SMILES string of the molecule is COc1c(F)cc(-c2cn(C3CCNCC3)nn2)cc1Cl.Cl. The van der Waals surface area contributed by atoms with Crippen molar-refractivity contribution >= 4 is 24.0 Å². The first-order valence-electron chi connectivity index (χ1n) is 6.85. The second-order valence-corrected chi connectivity index (χ2v) is 5.45. The summed E-state index contributed by atoms with van der Waals surface area (Å²) in [7, 11) is 1.39. The van der Waals surface area contributed by atoms with Crippen molar-refractivity contribution in [2.24, 2.45) is 0 Å². The number of methoxy groups -OCH3 is 1. The van der Waals surface area contributed by atoms with Gasteiger partial charge in [0.05, 0.1) is 24.4 Å². The molecule has 0 saturated carbocycles. The highest BCUT2D eigenvalue weighted by atomic mass is 35.5. The molecule has 22 heavy (non-hydrogen) atoms. The van der Waals surface area contributed by atoms with E-state index in [1.807, 2.05) is 10.9 Å². The number of aromatic nitrogens is 3. The minimum absolute atomic E-state index is 0. The standard InChI is InChI=1S/C14H16ClFN4O.ClH/c1-21-14-11(15)6-9(7-12(14)16)13-8-20(19-18-13)10-2-4-17-5-3-10;/h6-8,10,17H,2-5H2,1H3;1H. The number of nitrogens with one attached hydrogen (secondary N) is 1. The van der Waals surface area contributed by atoms with Crippen molar-refractivity contribution in [2.45, 2.75) is 18.9 Å². The van der Waals surface area contributed by atoms with E-state index in [1.54, 1.807) is 6.07 Å². The first-order chi connectivity index (χ1) is 10.2. The Balaban J connectivity index is 0.00000176. The van der Waals surface area contributed by atoms with Crippen LogP contribution < -0.4 is 10.1 Å². The molecule has 120 valence electrons. The number of hydrogen-bond acceptors (Lipinski definition) is 4. The van der Waals surface area contributed by atoms with Crippen LogP contribution in [0.15, 0.2) is 18.3 Å². The summed E-state index contributed by atoms with van der Waals surface area (Å²) >= 11 is 6.01. The largest absolute Gasteiger partial charge is 0.492 e. The molecule has 0 radical (unpaired) electrons. The third-order valence-electron chi connectivity index (χ3n) is 3.69. The van der Waals surface area contributed by atoms with Gasteiger partial charge in [-0.2, -0.15) is 0 Å². The summed E-state index contributed by atoms with van der Waals surface area (Å²) < 4.78 is 20.7. The van der Waals surface area contributed by atoms with E-state index in [0.717, 1.165) is 25.9 Å². The van der Waals surface area contributed by atoms with E-state index in [1.165, 1.54) is 13.2 Å². The zero-order chi connectivity index (χ0) is 14.8. The van der Waals surface area contributed by atoms with E-state index in [9.17, 15) is 4.39 Å². The van der Waals surface area contributed by atoms with Crippen LogP contribution in [0.1, 0.15) is 18.9 Å². The van der Waals surface area contributed by atoms with Crippen molar-refractivity contribution in [3.8, 4) is 17.0 Å². The van der Waals surface area contributed by atoms with Crippen LogP contribution in [-0.4, -0.2) is 35.2 Å². The number of rotatable bonds is 3. The lowest BCUT2D eigenvalue weighted by molar-refractivity contribution is 0.337. The van der Waals surface area contributed by atoms with E-state index in [2.05, 4.69) is 15.6 Å². The van der Waals surface area contributed by atoms with Crippen LogP contribution in [0.4, 0.5) is 4.39 Å². The predicted octanol–water partition coefficient (Wildman–Crippen LogP) is 3.09. The molecular weight excluding hydrogens is 330 g/mol. The molecule has 3 rings (SSSR count). The molecule has 1 aliphatic heterocycles. The van der Waals surface area contributed by atoms with Crippen LogP contribution in [0.5, 0.6) is 5.75 Å². The van der Waals surface area contributed by atoms with E-state index < -0.39 is 5.82 Å². The van der Waals surface area contributed by atoms with Gasteiger partial charge < -0.3 is 10.1 Å². The van der Waals surface area contributed by atoms with Gasteiger partial charge in [-0.25, -0.2) is 9.07 Å². The van der Waals surface area contributed by atoms with Crippen LogP contribution in [0, 0.1) is 5.82 Å². The highest BCUT2D eigenvalue weighted by Crippen LogP contribution is 2.32. The Bertz CT molecular complexity index is 621. The molecule has 2 heterocycles. The summed E-state index contributed by atoms with van der Waals surface area (Å²) in [5, 5.41) is 11.8. The summed E-state index contributed by atoms with van der Waals surface area (Å²) in [5.41, 5.74) is 1.20. The summed E-state index contributed by atoms with van der Waals surface area (Å²) in [6, 6.07) is 3.34. The third-order valence-corrected chi connectivity index (χ3v) is 3.97. The summed E-state index contributed by atoms with van der Waals surface area (Å²) in [5.74, 6) is -0.456. The molecule has 0 unspecified atom stereocenters. The van der Waals surface area contributed by atoms with Gasteiger partial charge in [0.15, 0.2) is 11.6 Å². The Hall–Kier alpha value is -1.37. The lowest BCUT2D eigenvalue weighted by atomic mass is 10.1. The van der Waals surface area contributed by atoms with Crippen LogP contribution in [-0.2, 0) is 0 Å². The zero-order valence-corrected chi connectivity index (χ0v) is 13.6. The normalized spacial score (nSPS) is 15.4. The van der Waals surface area contributed by atoms with Crippen LogP contribution >= 0.6 is 24.0 Å². The van der Waals surface area contributed by atoms with E-state index >= 15 is 0 Å². The Labute approximate surface area is 139 Å². The van der Waals surface area contributed by atoms with Gasteiger partial charge in [0.1, 0.15) is 5.69 Å². The topological polar surface area (TPSA) is 52.0 Å². The number of hydrogen-bond donors (Lipinski definition) is 1. The van der Waals surface area contributed by atoms with Gasteiger partial charge in [0.25, 0.3) is 0 Å². The minimum Gasteiger partial charge on any atom is -0.492 e. The maximum Gasteiger partial charge on any atom is 0.173 e. The number of halogens is 3. The Morgan fingerprint density at radius 1 is 1.36 bits per heavy atom. The van der Waals surface area contributed by atoms with Crippen molar-refractivity contribution < 1.29 is 9.13 Å². The molecule has 0 spiro atoms. The molecular formula is C14H17Cl2FN4O. The van der Waals surface area contributed by atoms with Crippen molar-refractivity contribution in [1.82, 2.24) is 20.3 Å². The number of piperidine rings is 1. The molecule has 2 aromatic rings. The Morgan fingerprint density at radius 2 is 2.09 bits per heavy atom. The Morgan fingerprint density at radius 3 is 2.73 bits per heavy atom. The summed E-state index contributed by atoms with van der Waals surface area (Å²) in [6.45, 7) is 1.95. The fourth-order valence-corrected chi connectivity index (χ4v) is 2.85. The molecule has 1 aromatic heterocycles. The number of nitrogens with zero attached hydrogens (tertiary/aromatic N) is 3. The number of ether oxygens (including phenoxy) is 1. The number of benzene rings is 1. The van der Waals surface area contributed by atoms with Gasteiger partial charge in [-0.15, -0.1) is 17.5 Å². The fourth-order valence-electron chi connectivity index (χ4n) is 2.56. The lowest BCUT2D eigenvalue weighted by Crippen LogP contribution is -2.29. The molecule has 5 nitrogen and oxygen atoms in total. The maximum absolute atomic E-state index is 13.9. The van der Waals surface area contributed by atoms with Crippen molar-refractivity contribution in [3.05, 3.63) is 29.2 Å². The average Bonchev–Trinajstić information content (AvgIpc) is 2.97. The summed E-state index contributed by atoms with van der Waals surface area (Å²) in [4.78, 5) is 0. The molecule has 0 bridgehead atoms. The van der Waals surface area contributed by atoms with E-state index in [-0.39, 0.29) is 23.2 Å². The van der Waals surface area contributed by atoms with Crippen LogP contribution in [0.3, 0.4) is 0 Å². The van der Waals surface area contributed by atoms with Gasteiger partial charge in [-0.05, 0) is 38.1 Å². The van der Waals surface area contributed by atoms with Gasteiger partial charge in [0, 0.05) is 5.56 Å². The molecule has 0 atom stereocenters. The minimum atomic E-state index is -0.503. The quantitative estimate of drug-likeness (QED) is 0.927. The van der Waals surface area contributed by atoms with Crippen LogP contribution in [0.25, 0.3) is 11.3 Å². The summed E-state index contributed by atoms with van der Waals surface area (Å²) in [6.07, 6.45) is 3.87. The van der Waals surface area contributed by atoms with Gasteiger partial charge in [-0.1, -0.05) is 16.8 Å². The molecule has 1 fully saturated rings. The molecule has 1 aromatic carbocycles. The molecule has 1 saturated heterocycles. The first-order valence-corrected chi connectivity index (χ1v) is 7.23. The van der Waals surface area contributed by atoms with Gasteiger partial charge in [0.2, 0.25) is 0 Å². The molecule has 0 amide bonds. The van der Waals surface area contributed by atoms with Crippen molar-refractivity contribution in [1.29, 1.82) is 0 Å². The fraction of sp³-hybridized carbons (Fsp3) is 0.429. The predicted molar refractivity (Wildman–Crippen MR) is 85.4 cm³/mol. The molecule has 1 aliphatic rings. The molecule has 1 N–H and O–H groups in total. The Kier molecular flexibility index (Phi) is 5.61. The third kappa shape index (κ3) is 3.34. The smallest absolute Gasteiger partial charge is 0.173 e. The monoisotopic (exact) mass is 346 g/mol. The first kappa shape index (κ1) is 17.0. The second-order valence-electron chi connectivity index (χ2n) is 5.04. The highest BCUT2D eigenvalue weighted by molar-refractivity contribution is 6.32. The van der Waals surface area contributed by atoms with Crippen LogP contribution in [0.2, 0.25) is 5.02 Å². The van der Waals surface area contributed by atoms with Gasteiger partial charge in [-0.3, -0.25) is 0 Å². The zero-order valence-electron chi connectivity index (χ0n) is 12.1. The molecule has 8 heteroatoms. The second kappa shape index (κ2) is 7.26. The van der Waals surface area contributed by atoms with Gasteiger partial charge >= 0.3 is 0 Å². The maximum atomic E-state index is 13.9.